The SMILES string of the molecule is CC1(C(=O)NC[C@@H](O)C2CC2)CCN(Cc2ccccc2)CC1. The summed E-state index contributed by atoms with van der Waals surface area (Å²) < 4.78 is 0. The van der Waals surface area contributed by atoms with Crippen molar-refractivity contribution in [3.8, 4) is 0 Å². The first-order valence-corrected chi connectivity index (χ1v) is 8.79. The molecule has 1 saturated heterocycles. The molecule has 3 rings (SSSR count). The summed E-state index contributed by atoms with van der Waals surface area (Å²) in [6.07, 6.45) is 3.60. The molecule has 2 fully saturated rings. The number of carbonyl (C=O) groups excluding carboxylic acids is 1. The van der Waals surface area contributed by atoms with Gasteiger partial charge < -0.3 is 10.4 Å². The summed E-state index contributed by atoms with van der Waals surface area (Å²) in [5, 5.41) is 12.9. The molecule has 4 nitrogen and oxygen atoms in total. The molecule has 1 aromatic rings. The first-order valence-electron chi connectivity index (χ1n) is 8.79. The summed E-state index contributed by atoms with van der Waals surface area (Å²) >= 11 is 0. The summed E-state index contributed by atoms with van der Waals surface area (Å²) in [5.74, 6) is 0.521. The molecule has 1 aromatic carbocycles. The molecule has 0 bridgehead atoms. The van der Waals surface area contributed by atoms with Crippen molar-refractivity contribution in [2.75, 3.05) is 19.6 Å². The summed E-state index contributed by atoms with van der Waals surface area (Å²) in [7, 11) is 0. The number of likely N-dealkylation sites (tertiary alicyclic amines) is 1. The minimum absolute atomic E-state index is 0.108. The van der Waals surface area contributed by atoms with Crippen LogP contribution in [0.25, 0.3) is 0 Å². The number of hydrogen-bond donors (Lipinski definition) is 2. The predicted molar refractivity (Wildman–Crippen MR) is 90.8 cm³/mol. The second-order valence-electron chi connectivity index (χ2n) is 7.44. The molecule has 2 aliphatic rings. The van der Waals surface area contributed by atoms with Crippen molar-refractivity contribution in [1.82, 2.24) is 10.2 Å². The maximum atomic E-state index is 12.5. The first-order chi connectivity index (χ1) is 11.1. The van der Waals surface area contributed by atoms with Crippen molar-refractivity contribution in [2.24, 2.45) is 11.3 Å². The smallest absolute Gasteiger partial charge is 0.226 e. The van der Waals surface area contributed by atoms with Crippen LogP contribution in [0.3, 0.4) is 0 Å². The normalized spacial score (nSPS) is 22.5. The number of benzene rings is 1. The quantitative estimate of drug-likeness (QED) is 0.846. The van der Waals surface area contributed by atoms with E-state index in [2.05, 4.69) is 41.4 Å². The molecule has 4 heteroatoms. The Morgan fingerprint density at radius 3 is 2.57 bits per heavy atom. The van der Waals surface area contributed by atoms with Crippen LogP contribution in [0.2, 0.25) is 0 Å². The monoisotopic (exact) mass is 316 g/mol. The maximum absolute atomic E-state index is 12.5. The number of rotatable bonds is 6. The highest BCUT2D eigenvalue weighted by Crippen LogP contribution is 2.33. The van der Waals surface area contributed by atoms with E-state index in [4.69, 9.17) is 0 Å². The average Bonchev–Trinajstić information content (AvgIpc) is 3.40. The minimum atomic E-state index is -0.360. The number of amides is 1. The molecule has 1 heterocycles. The molecule has 1 amide bonds. The number of aliphatic hydroxyl groups excluding tert-OH is 1. The molecule has 0 unspecified atom stereocenters. The van der Waals surface area contributed by atoms with Gasteiger partial charge in [0.15, 0.2) is 0 Å². The molecule has 0 spiro atoms. The molecule has 0 aromatic heterocycles. The number of hydrogen-bond acceptors (Lipinski definition) is 3. The molecule has 1 aliphatic carbocycles. The van der Waals surface area contributed by atoms with Gasteiger partial charge in [0.05, 0.1) is 6.10 Å². The van der Waals surface area contributed by atoms with Crippen LogP contribution < -0.4 is 5.32 Å². The van der Waals surface area contributed by atoms with E-state index in [1.54, 1.807) is 0 Å². The zero-order valence-electron chi connectivity index (χ0n) is 14.0. The molecular weight excluding hydrogens is 288 g/mol. The third kappa shape index (κ3) is 4.33. The topological polar surface area (TPSA) is 52.6 Å². The van der Waals surface area contributed by atoms with Crippen molar-refractivity contribution in [3.05, 3.63) is 35.9 Å². The van der Waals surface area contributed by atoms with Crippen LogP contribution in [-0.2, 0) is 11.3 Å². The van der Waals surface area contributed by atoms with Gasteiger partial charge in [-0.25, -0.2) is 0 Å². The van der Waals surface area contributed by atoms with Gasteiger partial charge in [-0.3, -0.25) is 9.69 Å². The summed E-state index contributed by atoms with van der Waals surface area (Å²) in [4.78, 5) is 14.9. The van der Waals surface area contributed by atoms with Crippen molar-refractivity contribution < 1.29 is 9.90 Å². The van der Waals surface area contributed by atoms with E-state index in [1.807, 2.05) is 6.07 Å². The van der Waals surface area contributed by atoms with E-state index in [0.717, 1.165) is 45.3 Å². The average molecular weight is 316 g/mol. The van der Waals surface area contributed by atoms with Crippen molar-refractivity contribution >= 4 is 5.91 Å². The minimum Gasteiger partial charge on any atom is -0.391 e. The number of aliphatic hydroxyl groups is 1. The van der Waals surface area contributed by atoms with E-state index >= 15 is 0 Å². The van der Waals surface area contributed by atoms with E-state index in [9.17, 15) is 9.90 Å². The Labute approximate surface area is 138 Å². The van der Waals surface area contributed by atoms with Gasteiger partial charge >= 0.3 is 0 Å². The Hall–Kier alpha value is -1.39. The fourth-order valence-corrected chi connectivity index (χ4v) is 3.33. The van der Waals surface area contributed by atoms with Gasteiger partial charge in [-0.05, 0) is 50.3 Å². The van der Waals surface area contributed by atoms with Gasteiger partial charge in [-0.2, -0.15) is 0 Å². The second-order valence-corrected chi connectivity index (χ2v) is 7.44. The molecular formula is C19H28N2O2. The maximum Gasteiger partial charge on any atom is 0.226 e. The lowest BCUT2D eigenvalue weighted by Crippen LogP contribution is -2.48. The van der Waals surface area contributed by atoms with Gasteiger partial charge in [0.2, 0.25) is 5.91 Å². The Bertz CT molecular complexity index is 519. The highest BCUT2D eigenvalue weighted by molar-refractivity contribution is 5.82. The Morgan fingerprint density at radius 1 is 1.30 bits per heavy atom. The molecule has 23 heavy (non-hydrogen) atoms. The highest BCUT2D eigenvalue weighted by atomic mass is 16.3. The van der Waals surface area contributed by atoms with Crippen LogP contribution in [0, 0.1) is 11.3 Å². The fraction of sp³-hybridized carbons (Fsp3) is 0.632. The standard InChI is InChI=1S/C19H28N2O2/c1-19(18(23)20-13-17(22)16-7-8-16)9-11-21(12-10-19)14-15-5-3-2-4-6-15/h2-6,16-17,22H,7-14H2,1H3,(H,20,23)/t17-/m1/s1. The van der Waals surface area contributed by atoms with Crippen molar-refractivity contribution in [2.45, 2.75) is 45.3 Å². The number of nitrogens with zero attached hydrogens (tertiary/aromatic N) is 1. The summed E-state index contributed by atoms with van der Waals surface area (Å²) in [6.45, 7) is 5.32. The Kier molecular flexibility index (Phi) is 5.02. The number of nitrogens with one attached hydrogen (secondary N) is 1. The molecule has 2 N–H and O–H groups in total. The van der Waals surface area contributed by atoms with E-state index < -0.39 is 0 Å². The molecule has 0 radical (unpaired) electrons. The van der Waals surface area contributed by atoms with Crippen LogP contribution in [0.4, 0.5) is 0 Å². The van der Waals surface area contributed by atoms with Crippen LogP contribution >= 0.6 is 0 Å². The van der Waals surface area contributed by atoms with Gasteiger partial charge in [0.1, 0.15) is 0 Å². The fourth-order valence-electron chi connectivity index (χ4n) is 3.33. The van der Waals surface area contributed by atoms with Crippen LogP contribution in [0.15, 0.2) is 30.3 Å². The van der Waals surface area contributed by atoms with E-state index in [0.29, 0.717) is 12.5 Å². The largest absolute Gasteiger partial charge is 0.391 e. The van der Waals surface area contributed by atoms with Gasteiger partial charge in [0, 0.05) is 18.5 Å². The zero-order chi connectivity index (χ0) is 16.3. The second kappa shape index (κ2) is 7.02. The molecule has 1 saturated carbocycles. The van der Waals surface area contributed by atoms with Crippen LogP contribution in [0.1, 0.15) is 38.2 Å². The number of carbonyl (C=O) groups is 1. The first kappa shape index (κ1) is 16.5. The summed E-state index contributed by atoms with van der Waals surface area (Å²) in [6, 6.07) is 10.5. The zero-order valence-corrected chi connectivity index (χ0v) is 14.0. The third-order valence-corrected chi connectivity index (χ3v) is 5.39. The molecule has 1 atom stereocenters. The van der Waals surface area contributed by atoms with Crippen LogP contribution in [-0.4, -0.2) is 41.7 Å². The van der Waals surface area contributed by atoms with E-state index in [1.165, 1.54) is 5.56 Å². The number of piperidine rings is 1. The Balaban J connectivity index is 1.45. The molecule has 1 aliphatic heterocycles. The van der Waals surface area contributed by atoms with Crippen LogP contribution in [0.5, 0.6) is 0 Å². The predicted octanol–water partition coefficient (Wildman–Crippen LogP) is 2.18. The van der Waals surface area contributed by atoms with Crippen molar-refractivity contribution in [3.63, 3.8) is 0 Å². The van der Waals surface area contributed by atoms with Gasteiger partial charge in [-0.15, -0.1) is 0 Å². The summed E-state index contributed by atoms with van der Waals surface area (Å²) in [5.41, 5.74) is 1.03. The highest BCUT2D eigenvalue weighted by Gasteiger charge is 2.37. The lowest BCUT2D eigenvalue weighted by Gasteiger charge is -2.38. The van der Waals surface area contributed by atoms with Gasteiger partial charge in [0.25, 0.3) is 0 Å². The van der Waals surface area contributed by atoms with Gasteiger partial charge in [-0.1, -0.05) is 37.3 Å². The molecule has 126 valence electrons. The van der Waals surface area contributed by atoms with Crippen molar-refractivity contribution in [1.29, 1.82) is 0 Å². The lowest BCUT2D eigenvalue weighted by atomic mass is 9.79. The third-order valence-electron chi connectivity index (χ3n) is 5.39. The Morgan fingerprint density at radius 2 is 1.96 bits per heavy atom. The van der Waals surface area contributed by atoms with E-state index in [-0.39, 0.29) is 17.4 Å². The lowest BCUT2D eigenvalue weighted by molar-refractivity contribution is -0.133.